The second-order valence-corrected chi connectivity index (χ2v) is 4.32. The molecule has 0 saturated carbocycles. The first-order valence-electron chi connectivity index (χ1n) is 6.23. The van der Waals surface area contributed by atoms with Gasteiger partial charge in [-0.25, -0.2) is 0 Å². The van der Waals surface area contributed by atoms with Crippen molar-refractivity contribution in [3.05, 3.63) is 0 Å². The second kappa shape index (κ2) is 9.13. The molecule has 1 aliphatic rings. The lowest BCUT2D eigenvalue weighted by Gasteiger charge is -2.18. The highest BCUT2D eigenvalue weighted by atomic mass is 16.5. The zero-order valence-electron chi connectivity index (χ0n) is 9.96. The molecule has 0 spiro atoms. The third-order valence-electron chi connectivity index (χ3n) is 2.93. The van der Waals surface area contributed by atoms with Gasteiger partial charge >= 0.3 is 0 Å². The topological polar surface area (TPSA) is 30.5 Å². The molecule has 1 unspecified atom stereocenters. The maximum absolute atomic E-state index is 5.52. The zero-order valence-corrected chi connectivity index (χ0v) is 9.96. The van der Waals surface area contributed by atoms with E-state index in [0.29, 0.717) is 12.8 Å². The zero-order chi connectivity index (χ0) is 10.8. The van der Waals surface area contributed by atoms with Crippen molar-refractivity contribution in [3.63, 3.8) is 0 Å². The molecule has 3 nitrogen and oxygen atoms in total. The van der Waals surface area contributed by atoms with Gasteiger partial charge in [0.05, 0.1) is 13.3 Å². The fourth-order valence-corrected chi connectivity index (χ4v) is 2.00. The van der Waals surface area contributed by atoms with Gasteiger partial charge in [0.1, 0.15) is 0 Å². The Labute approximate surface area is 93.5 Å². The molecular formula is C12H25NO2. The van der Waals surface area contributed by atoms with Crippen molar-refractivity contribution in [2.75, 3.05) is 27.1 Å². The molecule has 0 aromatic heterocycles. The first-order chi connectivity index (χ1) is 7.43. The maximum Gasteiger partial charge on any atom is 0.0968 e. The van der Waals surface area contributed by atoms with Crippen molar-refractivity contribution in [1.82, 2.24) is 5.32 Å². The average molecular weight is 215 g/mol. The van der Waals surface area contributed by atoms with Crippen LogP contribution in [0.15, 0.2) is 0 Å². The molecule has 0 radical (unpaired) electrons. The molecule has 0 aromatic carbocycles. The minimum Gasteiger partial charge on any atom is -0.383 e. The van der Waals surface area contributed by atoms with E-state index in [4.69, 9.17) is 9.47 Å². The summed E-state index contributed by atoms with van der Waals surface area (Å²) in [5.41, 5.74) is 0. The van der Waals surface area contributed by atoms with Crippen molar-refractivity contribution >= 4 is 0 Å². The van der Waals surface area contributed by atoms with Crippen molar-refractivity contribution in [1.29, 1.82) is 0 Å². The molecular weight excluding hydrogens is 190 g/mol. The van der Waals surface area contributed by atoms with Crippen LogP contribution in [-0.2, 0) is 9.47 Å². The Kier molecular flexibility index (Phi) is 7.88. The summed E-state index contributed by atoms with van der Waals surface area (Å²) in [6, 6.07) is 0.467. The number of hydrogen-bond donors (Lipinski definition) is 1. The maximum atomic E-state index is 5.52. The van der Waals surface area contributed by atoms with Gasteiger partial charge in [0.25, 0.3) is 0 Å². The minimum atomic E-state index is 0.467. The van der Waals surface area contributed by atoms with Gasteiger partial charge in [-0.15, -0.1) is 0 Å². The third kappa shape index (κ3) is 6.88. The van der Waals surface area contributed by atoms with Gasteiger partial charge in [-0.2, -0.15) is 0 Å². The van der Waals surface area contributed by atoms with Crippen molar-refractivity contribution < 1.29 is 9.47 Å². The molecule has 0 aliphatic carbocycles. The van der Waals surface area contributed by atoms with Crippen LogP contribution in [0.25, 0.3) is 0 Å². The standard InChI is InChI=1S/C12H25NO2/c1-14-10-12-8-6-4-2-3-5-7-9-15-11-13-12/h12-13H,2-11H2,1H3. The van der Waals surface area contributed by atoms with E-state index in [-0.39, 0.29) is 0 Å². The number of nitrogens with one attached hydrogen (secondary N) is 1. The number of methoxy groups -OCH3 is 1. The molecule has 1 heterocycles. The quantitative estimate of drug-likeness (QED) is 0.766. The summed E-state index contributed by atoms with van der Waals surface area (Å²) in [6.07, 6.45) is 9.14. The normalized spacial score (nSPS) is 26.6. The van der Waals surface area contributed by atoms with Crippen LogP contribution >= 0.6 is 0 Å². The average Bonchev–Trinajstić information content (AvgIpc) is 2.22. The number of rotatable bonds is 2. The molecule has 1 aliphatic heterocycles. The van der Waals surface area contributed by atoms with Gasteiger partial charge in [-0.1, -0.05) is 32.1 Å². The summed E-state index contributed by atoms with van der Waals surface area (Å²) >= 11 is 0. The largest absolute Gasteiger partial charge is 0.383 e. The number of hydrogen-bond acceptors (Lipinski definition) is 3. The van der Waals surface area contributed by atoms with Crippen LogP contribution in [0, 0.1) is 0 Å². The molecule has 1 saturated heterocycles. The van der Waals surface area contributed by atoms with Gasteiger partial charge in [-0.3, -0.25) is 5.32 Å². The van der Waals surface area contributed by atoms with Gasteiger partial charge in [-0.05, 0) is 12.8 Å². The lowest BCUT2D eigenvalue weighted by atomic mass is 10.1. The van der Waals surface area contributed by atoms with Crippen molar-refractivity contribution in [2.45, 2.75) is 51.0 Å². The summed E-state index contributed by atoms with van der Waals surface area (Å²) in [5.74, 6) is 0. The molecule has 1 fully saturated rings. The minimum absolute atomic E-state index is 0.467. The highest BCUT2D eigenvalue weighted by Crippen LogP contribution is 2.10. The van der Waals surface area contributed by atoms with Crippen LogP contribution in [0.4, 0.5) is 0 Å². The Morgan fingerprint density at radius 3 is 2.67 bits per heavy atom. The lowest BCUT2D eigenvalue weighted by molar-refractivity contribution is 0.0827. The monoisotopic (exact) mass is 215 g/mol. The lowest BCUT2D eigenvalue weighted by Crippen LogP contribution is -2.35. The molecule has 1 atom stereocenters. The Morgan fingerprint density at radius 2 is 1.87 bits per heavy atom. The van der Waals surface area contributed by atoms with Crippen molar-refractivity contribution in [2.24, 2.45) is 0 Å². The predicted molar refractivity (Wildman–Crippen MR) is 61.9 cm³/mol. The summed E-state index contributed by atoms with van der Waals surface area (Å²) in [6.45, 7) is 2.37. The van der Waals surface area contributed by atoms with Gasteiger partial charge in [0, 0.05) is 19.8 Å². The Hall–Kier alpha value is -0.120. The fourth-order valence-electron chi connectivity index (χ4n) is 2.00. The SMILES string of the molecule is COCC1CCCCCCCCOCN1. The Bertz CT molecular complexity index is 130. The first-order valence-corrected chi connectivity index (χ1v) is 6.23. The molecule has 1 N–H and O–H groups in total. The highest BCUT2D eigenvalue weighted by Gasteiger charge is 2.07. The summed E-state index contributed by atoms with van der Waals surface area (Å²) in [5, 5.41) is 3.39. The van der Waals surface area contributed by atoms with Crippen LogP contribution in [0.1, 0.15) is 44.9 Å². The molecule has 0 amide bonds. The summed E-state index contributed by atoms with van der Waals surface area (Å²) < 4.78 is 10.7. The number of ether oxygens (including phenoxy) is 2. The van der Waals surface area contributed by atoms with E-state index in [1.54, 1.807) is 7.11 Å². The van der Waals surface area contributed by atoms with Gasteiger partial charge < -0.3 is 9.47 Å². The Balaban J connectivity index is 2.19. The van der Waals surface area contributed by atoms with E-state index < -0.39 is 0 Å². The van der Waals surface area contributed by atoms with Crippen LogP contribution in [0.5, 0.6) is 0 Å². The molecule has 0 aromatic rings. The van der Waals surface area contributed by atoms with E-state index in [1.165, 1.54) is 44.9 Å². The van der Waals surface area contributed by atoms with E-state index >= 15 is 0 Å². The predicted octanol–water partition coefficient (Wildman–Crippen LogP) is 2.31. The van der Waals surface area contributed by atoms with Gasteiger partial charge in [0.2, 0.25) is 0 Å². The smallest absolute Gasteiger partial charge is 0.0968 e. The summed E-state index contributed by atoms with van der Waals surface area (Å²) in [7, 11) is 1.76. The molecule has 15 heavy (non-hydrogen) atoms. The fraction of sp³-hybridized carbons (Fsp3) is 1.00. The van der Waals surface area contributed by atoms with E-state index in [0.717, 1.165) is 13.2 Å². The van der Waals surface area contributed by atoms with Crippen LogP contribution in [-0.4, -0.2) is 33.1 Å². The van der Waals surface area contributed by atoms with E-state index in [9.17, 15) is 0 Å². The Morgan fingerprint density at radius 1 is 1.13 bits per heavy atom. The molecule has 1 rings (SSSR count). The van der Waals surface area contributed by atoms with E-state index in [2.05, 4.69) is 5.32 Å². The van der Waals surface area contributed by atoms with E-state index in [1.807, 2.05) is 0 Å². The first kappa shape index (κ1) is 12.9. The second-order valence-electron chi connectivity index (χ2n) is 4.32. The van der Waals surface area contributed by atoms with Crippen LogP contribution in [0.2, 0.25) is 0 Å². The highest BCUT2D eigenvalue weighted by molar-refractivity contribution is 4.64. The van der Waals surface area contributed by atoms with Gasteiger partial charge in [0.15, 0.2) is 0 Å². The van der Waals surface area contributed by atoms with Crippen LogP contribution < -0.4 is 5.32 Å². The molecule has 90 valence electrons. The molecule has 0 bridgehead atoms. The molecule has 3 heteroatoms. The summed E-state index contributed by atoms with van der Waals surface area (Å²) in [4.78, 5) is 0. The van der Waals surface area contributed by atoms with Crippen LogP contribution in [0.3, 0.4) is 0 Å². The third-order valence-corrected chi connectivity index (χ3v) is 2.93. The van der Waals surface area contributed by atoms with Crippen molar-refractivity contribution in [3.8, 4) is 0 Å².